The zero-order valence-electron chi connectivity index (χ0n) is 9.25. The molecule has 0 aromatic carbocycles. The Morgan fingerprint density at radius 3 is 2.88 bits per heavy atom. The molecule has 1 aromatic rings. The molecule has 4 heteroatoms. The fourth-order valence-corrected chi connectivity index (χ4v) is 2.82. The molecule has 2 unspecified atom stereocenters. The van der Waals surface area contributed by atoms with Gasteiger partial charge in [0.15, 0.2) is 0 Å². The molecule has 1 aliphatic rings. The van der Waals surface area contributed by atoms with Crippen LogP contribution in [0.4, 0.5) is 0 Å². The first-order valence-corrected chi connectivity index (χ1v) is 6.81. The van der Waals surface area contributed by atoms with Gasteiger partial charge in [0, 0.05) is 6.20 Å². The topological polar surface area (TPSA) is 22.1 Å². The highest BCUT2D eigenvalue weighted by Crippen LogP contribution is 2.31. The number of hydrogen-bond acceptors (Lipinski definition) is 2. The first-order chi connectivity index (χ1) is 7.66. The van der Waals surface area contributed by atoms with Crippen LogP contribution >= 0.6 is 27.5 Å². The van der Waals surface area contributed by atoms with Gasteiger partial charge in [0.2, 0.25) is 5.88 Å². The molecule has 2 atom stereocenters. The average molecular weight is 305 g/mol. The number of hydrogen-bond donors (Lipinski definition) is 0. The molecule has 0 aliphatic heterocycles. The van der Waals surface area contributed by atoms with Gasteiger partial charge in [-0.1, -0.05) is 24.9 Å². The largest absolute Gasteiger partial charge is 0.473 e. The Kier molecular flexibility index (Phi) is 4.09. The summed E-state index contributed by atoms with van der Waals surface area (Å²) in [6.07, 6.45) is 6.85. The van der Waals surface area contributed by atoms with Crippen LogP contribution < -0.4 is 4.74 Å². The highest BCUT2D eigenvalue weighted by atomic mass is 79.9. The van der Waals surface area contributed by atoms with Gasteiger partial charge in [0.05, 0.1) is 9.50 Å². The molecule has 1 heterocycles. The van der Waals surface area contributed by atoms with E-state index < -0.39 is 0 Å². The minimum Gasteiger partial charge on any atom is -0.473 e. The molecule has 1 aromatic heterocycles. The van der Waals surface area contributed by atoms with Crippen LogP contribution in [0, 0.1) is 5.92 Å². The Morgan fingerprint density at radius 2 is 2.19 bits per heavy atom. The van der Waals surface area contributed by atoms with Crippen LogP contribution in [0.2, 0.25) is 5.02 Å². The molecule has 0 N–H and O–H groups in total. The lowest BCUT2D eigenvalue weighted by molar-refractivity contribution is 0.0967. The van der Waals surface area contributed by atoms with Gasteiger partial charge in [-0.05, 0) is 47.2 Å². The van der Waals surface area contributed by atoms with Crippen LogP contribution in [0.15, 0.2) is 16.7 Å². The lowest BCUT2D eigenvalue weighted by atomic mass is 9.88. The van der Waals surface area contributed by atoms with E-state index in [4.69, 9.17) is 16.3 Å². The SMILES string of the molecule is CC1CCCCC1Oc1ncc(Cl)cc1Br. The third-order valence-electron chi connectivity index (χ3n) is 3.07. The van der Waals surface area contributed by atoms with E-state index in [0.717, 1.165) is 10.9 Å². The highest BCUT2D eigenvalue weighted by molar-refractivity contribution is 9.10. The fraction of sp³-hybridized carbons (Fsp3) is 0.583. The summed E-state index contributed by atoms with van der Waals surface area (Å²) in [5.74, 6) is 1.27. The van der Waals surface area contributed by atoms with Gasteiger partial charge in [0.25, 0.3) is 0 Å². The summed E-state index contributed by atoms with van der Waals surface area (Å²) in [5.41, 5.74) is 0. The van der Waals surface area contributed by atoms with Crippen LogP contribution in [-0.2, 0) is 0 Å². The van der Waals surface area contributed by atoms with Crippen LogP contribution in [0.5, 0.6) is 5.88 Å². The fourth-order valence-electron chi connectivity index (χ4n) is 2.09. The van der Waals surface area contributed by atoms with Gasteiger partial charge >= 0.3 is 0 Å². The summed E-state index contributed by atoms with van der Waals surface area (Å²) in [5, 5.41) is 0.621. The number of pyridine rings is 1. The minimum absolute atomic E-state index is 0.290. The predicted octanol–water partition coefficient (Wildman–Crippen LogP) is 4.46. The van der Waals surface area contributed by atoms with E-state index in [1.165, 1.54) is 19.3 Å². The smallest absolute Gasteiger partial charge is 0.228 e. The van der Waals surface area contributed by atoms with Crippen LogP contribution in [0.25, 0.3) is 0 Å². The first-order valence-electron chi connectivity index (χ1n) is 5.64. The van der Waals surface area contributed by atoms with Crippen molar-refractivity contribution in [2.75, 3.05) is 0 Å². The van der Waals surface area contributed by atoms with Gasteiger partial charge in [-0.2, -0.15) is 0 Å². The summed E-state index contributed by atoms with van der Waals surface area (Å²) in [4.78, 5) is 4.21. The Bertz CT molecular complexity index is 372. The van der Waals surface area contributed by atoms with Crippen molar-refractivity contribution >= 4 is 27.5 Å². The van der Waals surface area contributed by atoms with Crippen LogP contribution in [0.3, 0.4) is 0 Å². The average Bonchev–Trinajstić information content (AvgIpc) is 2.25. The number of rotatable bonds is 2. The Morgan fingerprint density at radius 1 is 1.44 bits per heavy atom. The molecule has 0 saturated heterocycles. The van der Waals surface area contributed by atoms with Crippen molar-refractivity contribution in [1.29, 1.82) is 0 Å². The maximum Gasteiger partial charge on any atom is 0.228 e. The Labute approximate surface area is 109 Å². The van der Waals surface area contributed by atoms with Crippen molar-refractivity contribution < 1.29 is 4.74 Å². The van der Waals surface area contributed by atoms with Crippen LogP contribution in [-0.4, -0.2) is 11.1 Å². The molecule has 1 fully saturated rings. The second-order valence-corrected chi connectivity index (χ2v) is 5.65. The van der Waals surface area contributed by atoms with E-state index in [0.29, 0.717) is 22.9 Å². The van der Waals surface area contributed by atoms with Gasteiger partial charge in [-0.25, -0.2) is 4.98 Å². The highest BCUT2D eigenvalue weighted by Gasteiger charge is 2.23. The summed E-state index contributed by atoms with van der Waals surface area (Å²) in [7, 11) is 0. The monoisotopic (exact) mass is 303 g/mol. The molecule has 1 aliphatic carbocycles. The summed E-state index contributed by atoms with van der Waals surface area (Å²) in [6.45, 7) is 2.24. The maximum atomic E-state index is 5.94. The van der Waals surface area contributed by atoms with E-state index in [1.54, 1.807) is 6.20 Å². The molecule has 0 bridgehead atoms. The van der Waals surface area contributed by atoms with Gasteiger partial charge in [-0.15, -0.1) is 0 Å². The standard InChI is InChI=1S/C12H15BrClNO/c1-8-4-2-3-5-11(8)16-12-10(13)6-9(14)7-15-12/h6-8,11H,2-5H2,1H3. The van der Waals surface area contributed by atoms with Crippen molar-refractivity contribution in [2.45, 2.75) is 38.7 Å². The number of aromatic nitrogens is 1. The normalized spacial score (nSPS) is 25.4. The van der Waals surface area contributed by atoms with E-state index in [1.807, 2.05) is 6.07 Å². The van der Waals surface area contributed by atoms with Crippen LogP contribution in [0.1, 0.15) is 32.6 Å². The van der Waals surface area contributed by atoms with Crippen molar-refractivity contribution in [2.24, 2.45) is 5.92 Å². The second-order valence-electron chi connectivity index (χ2n) is 4.36. The van der Waals surface area contributed by atoms with Gasteiger partial charge in [0.1, 0.15) is 6.10 Å². The molecule has 88 valence electrons. The lowest BCUT2D eigenvalue weighted by Gasteiger charge is -2.29. The molecule has 2 nitrogen and oxygen atoms in total. The molecule has 16 heavy (non-hydrogen) atoms. The molecule has 0 radical (unpaired) electrons. The summed E-state index contributed by atoms with van der Waals surface area (Å²) in [6, 6.07) is 1.82. The van der Waals surface area contributed by atoms with Crippen molar-refractivity contribution in [3.63, 3.8) is 0 Å². The summed E-state index contributed by atoms with van der Waals surface area (Å²) >= 11 is 9.26. The third-order valence-corrected chi connectivity index (χ3v) is 3.84. The first kappa shape index (κ1) is 12.2. The third kappa shape index (κ3) is 2.89. The van der Waals surface area contributed by atoms with Gasteiger partial charge in [-0.3, -0.25) is 0 Å². The molecular weight excluding hydrogens is 289 g/mol. The zero-order chi connectivity index (χ0) is 11.5. The van der Waals surface area contributed by atoms with Crippen molar-refractivity contribution in [1.82, 2.24) is 4.98 Å². The molecule has 2 rings (SSSR count). The number of nitrogens with zero attached hydrogens (tertiary/aromatic N) is 1. The lowest BCUT2D eigenvalue weighted by Crippen LogP contribution is -2.28. The number of ether oxygens (including phenoxy) is 1. The van der Waals surface area contributed by atoms with Crippen molar-refractivity contribution in [3.8, 4) is 5.88 Å². The van der Waals surface area contributed by atoms with Crippen molar-refractivity contribution in [3.05, 3.63) is 21.8 Å². The van der Waals surface area contributed by atoms with E-state index >= 15 is 0 Å². The van der Waals surface area contributed by atoms with E-state index in [9.17, 15) is 0 Å². The summed E-state index contributed by atoms with van der Waals surface area (Å²) < 4.78 is 6.77. The second kappa shape index (κ2) is 5.37. The molecular formula is C12H15BrClNO. The predicted molar refractivity (Wildman–Crippen MR) is 69.0 cm³/mol. The van der Waals surface area contributed by atoms with E-state index in [2.05, 4.69) is 27.8 Å². The van der Waals surface area contributed by atoms with Gasteiger partial charge < -0.3 is 4.74 Å². The Hall–Kier alpha value is -0.280. The molecule has 0 amide bonds. The zero-order valence-corrected chi connectivity index (χ0v) is 11.6. The quantitative estimate of drug-likeness (QED) is 0.805. The maximum absolute atomic E-state index is 5.94. The molecule has 0 spiro atoms. The minimum atomic E-state index is 0.290. The number of halogens is 2. The Balaban J connectivity index is 2.07. The van der Waals surface area contributed by atoms with E-state index in [-0.39, 0.29) is 0 Å². The molecule has 1 saturated carbocycles.